The first kappa shape index (κ1) is 16.8. The zero-order chi connectivity index (χ0) is 12.5. The number of aliphatic hydroxyl groups excluding tert-OH is 1. The Morgan fingerprint density at radius 1 is 1.40 bits per heavy atom. The Morgan fingerprint density at radius 3 is 2.07 bits per heavy atom. The Morgan fingerprint density at radius 2 is 1.80 bits per heavy atom. The van der Waals surface area contributed by atoms with E-state index >= 15 is 0 Å². The van der Waals surface area contributed by atoms with E-state index in [9.17, 15) is 5.11 Å². The van der Waals surface area contributed by atoms with Crippen LogP contribution in [0.15, 0.2) is 24.8 Å². The van der Waals surface area contributed by atoms with E-state index in [0.717, 1.165) is 18.4 Å². The molecule has 90 valence electrons. The highest BCUT2D eigenvalue weighted by molar-refractivity contribution is 4.90. The van der Waals surface area contributed by atoms with Gasteiger partial charge in [-0.1, -0.05) is 11.6 Å². The summed E-state index contributed by atoms with van der Waals surface area (Å²) >= 11 is 0. The van der Waals surface area contributed by atoms with Crippen molar-refractivity contribution in [1.29, 1.82) is 0 Å². The highest BCUT2D eigenvalue weighted by Crippen LogP contribution is 2.07. The summed E-state index contributed by atoms with van der Waals surface area (Å²) in [6, 6.07) is 0. The Kier molecular flexibility index (Phi) is 9.68. The van der Waals surface area contributed by atoms with Gasteiger partial charge in [0.1, 0.15) is 0 Å². The molecule has 0 radical (unpaired) electrons. The van der Waals surface area contributed by atoms with E-state index in [-0.39, 0.29) is 6.10 Å². The number of hydrogen-bond donors (Lipinski definition) is 3. The molecule has 0 fully saturated rings. The lowest BCUT2D eigenvalue weighted by atomic mass is 10.1. The SMILES string of the molecule is C=CCCC(O)CC(=C)C.CC(C)(O)O. The highest BCUT2D eigenvalue weighted by Gasteiger charge is 2.01. The summed E-state index contributed by atoms with van der Waals surface area (Å²) in [5.74, 6) is -1.50. The minimum atomic E-state index is -1.50. The first-order valence-electron chi connectivity index (χ1n) is 5.05. The van der Waals surface area contributed by atoms with Gasteiger partial charge in [-0.3, -0.25) is 0 Å². The second-order valence-electron chi connectivity index (χ2n) is 4.18. The quantitative estimate of drug-likeness (QED) is 0.486. The van der Waals surface area contributed by atoms with Crippen LogP contribution in [0.1, 0.15) is 40.0 Å². The third-order valence-electron chi connectivity index (χ3n) is 1.29. The smallest absolute Gasteiger partial charge is 0.156 e. The maximum Gasteiger partial charge on any atom is 0.156 e. The molecule has 0 aliphatic carbocycles. The van der Waals surface area contributed by atoms with Crippen LogP contribution in [0.3, 0.4) is 0 Å². The molecule has 0 aromatic heterocycles. The fourth-order valence-corrected chi connectivity index (χ4v) is 0.815. The maximum atomic E-state index is 9.24. The van der Waals surface area contributed by atoms with E-state index in [2.05, 4.69) is 13.2 Å². The molecule has 3 heteroatoms. The van der Waals surface area contributed by atoms with Crippen molar-refractivity contribution in [3.05, 3.63) is 24.8 Å². The van der Waals surface area contributed by atoms with Crippen LogP contribution in [0.2, 0.25) is 0 Å². The van der Waals surface area contributed by atoms with Gasteiger partial charge in [0.15, 0.2) is 5.79 Å². The molecule has 0 aliphatic heterocycles. The van der Waals surface area contributed by atoms with E-state index in [0.29, 0.717) is 6.42 Å². The van der Waals surface area contributed by atoms with Crippen molar-refractivity contribution in [2.45, 2.75) is 51.9 Å². The molecule has 0 amide bonds. The first-order chi connectivity index (χ1) is 6.66. The standard InChI is InChI=1S/C9H16O.C3H8O2/c1-4-5-6-9(10)7-8(2)3;1-3(2,4)5/h4,9-10H,1-2,5-7H2,3H3;4-5H,1-2H3. The molecule has 15 heavy (non-hydrogen) atoms. The summed E-state index contributed by atoms with van der Waals surface area (Å²) in [6.07, 6.45) is 4.00. The maximum absolute atomic E-state index is 9.24. The van der Waals surface area contributed by atoms with Crippen LogP contribution in [-0.4, -0.2) is 27.2 Å². The van der Waals surface area contributed by atoms with Crippen molar-refractivity contribution in [3.8, 4) is 0 Å². The van der Waals surface area contributed by atoms with Crippen LogP contribution in [0.5, 0.6) is 0 Å². The van der Waals surface area contributed by atoms with Crippen LogP contribution in [0.4, 0.5) is 0 Å². The summed E-state index contributed by atoms with van der Waals surface area (Å²) in [5.41, 5.74) is 1.04. The topological polar surface area (TPSA) is 60.7 Å². The van der Waals surface area contributed by atoms with Crippen molar-refractivity contribution in [3.63, 3.8) is 0 Å². The summed E-state index contributed by atoms with van der Waals surface area (Å²) < 4.78 is 0. The van der Waals surface area contributed by atoms with Gasteiger partial charge < -0.3 is 15.3 Å². The van der Waals surface area contributed by atoms with Gasteiger partial charge in [0, 0.05) is 0 Å². The third kappa shape index (κ3) is 31.8. The number of rotatable bonds is 5. The van der Waals surface area contributed by atoms with Gasteiger partial charge in [-0.25, -0.2) is 0 Å². The lowest BCUT2D eigenvalue weighted by Crippen LogP contribution is -2.15. The van der Waals surface area contributed by atoms with Crippen LogP contribution in [-0.2, 0) is 0 Å². The Bertz CT molecular complexity index is 174. The molecule has 3 nitrogen and oxygen atoms in total. The van der Waals surface area contributed by atoms with Crippen molar-refractivity contribution >= 4 is 0 Å². The first-order valence-corrected chi connectivity index (χ1v) is 5.05. The molecule has 1 atom stereocenters. The lowest BCUT2D eigenvalue weighted by molar-refractivity contribution is -0.127. The summed E-state index contributed by atoms with van der Waals surface area (Å²) in [5, 5.41) is 25.4. The van der Waals surface area contributed by atoms with Crippen LogP contribution in [0, 0.1) is 0 Å². The molecule has 0 aromatic carbocycles. The Labute approximate surface area is 92.8 Å². The third-order valence-corrected chi connectivity index (χ3v) is 1.29. The number of hydrogen-bond acceptors (Lipinski definition) is 3. The van der Waals surface area contributed by atoms with Crippen LogP contribution in [0.25, 0.3) is 0 Å². The van der Waals surface area contributed by atoms with Crippen molar-refractivity contribution < 1.29 is 15.3 Å². The van der Waals surface area contributed by atoms with Gasteiger partial charge in [0.05, 0.1) is 6.10 Å². The van der Waals surface area contributed by atoms with Gasteiger partial charge >= 0.3 is 0 Å². The number of aliphatic hydroxyl groups is 3. The van der Waals surface area contributed by atoms with E-state index < -0.39 is 5.79 Å². The van der Waals surface area contributed by atoms with Gasteiger partial charge in [-0.2, -0.15) is 0 Å². The number of allylic oxidation sites excluding steroid dienone is 1. The predicted molar refractivity (Wildman–Crippen MR) is 63.4 cm³/mol. The molecule has 0 aliphatic rings. The fraction of sp³-hybridized carbons (Fsp3) is 0.667. The molecular weight excluding hydrogens is 192 g/mol. The van der Waals surface area contributed by atoms with Crippen molar-refractivity contribution in [2.75, 3.05) is 0 Å². The molecule has 0 saturated heterocycles. The average Bonchev–Trinajstić information content (AvgIpc) is 1.96. The van der Waals surface area contributed by atoms with Gasteiger partial charge in [0.2, 0.25) is 0 Å². The van der Waals surface area contributed by atoms with E-state index in [1.165, 1.54) is 13.8 Å². The zero-order valence-electron chi connectivity index (χ0n) is 10.0. The zero-order valence-corrected chi connectivity index (χ0v) is 10.0. The van der Waals surface area contributed by atoms with E-state index in [1.807, 2.05) is 13.0 Å². The molecule has 0 spiro atoms. The van der Waals surface area contributed by atoms with E-state index in [1.54, 1.807) is 0 Å². The van der Waals surface area contributed by atoms with Crippen molar-refractivity contribution in [2.24, 2.45) is 0 Å². The Hall–Kier alpha value is -0.640. The predicted octanol–water partition coefficient (Wildman–Crippen LogP) is 1.99. The Balaban J connectivity index is 0. The summed E-state index contributed by atoms with van der Waals surface area (Å²) in [4.78, 5) is 0. The van der Waals surface area contributed by atoms with Crippen LogP contribution < -0.4 is 0 Å². The molecular formula is C12H24O3. The largest absolute Gasteiger partial charge is 0.393 e. The molecule has 1 unspecified atom stereocenters. The molecule has 0 rings (SSSR count). The minimum absolute atomic E-state index is 0.226. The second-order valence-corrected chi connectivity index (χ2v) is 4.18. The molecule has 0 saturated carbocycles. The van der Waals surface area contributed by atoms with Crippen molar-refractivity contribution in [1.82, 2.24) is 0 Å². The molecule has 0 bridgehead atoms. The minimum Gasteiger partial charge on any atom is -0.393 e. The lowest BCUT2D eigenvalue weighted by Gasteiger charge is -2.07. The van der Waals surface area contributed by atoms with Gasteiger partial charge in [-0.05, 0) is 40.0 Å². The summed E-state index contributed by atoms with van der Waals surface area (Å²) in [6.45, 7) is 11.8. The molecule has 3 N–H and O–H groups in total. The second kappa shape index (κ2) is 8.65. The normalized spacial score (nSPS) is 12.4. The molecule has 0 heterocycles. The average molecular weight is 216 g/mol. The van der Waals surface area contributed by atoms with Gasteiger partial charge in [0.25, 0.3) is 0 Å². The molecule has 0 aromatic rings. The highest BCUT2D eigenvalue weighted by atomic mass is 16.5. The van der Waals surface area contributed by atoms with Crippen LogP contribution >= 0.6 is 0 Å². The van der Waals surface area contributed by atoms with E-state index in [4.69, 9.17) is 10.2 Å². The summed E-state index contributed by atoms with van der Waals surface area (Å²) in [7, 11) is 0. The monoisotopic (exact) mass is 216 g/mol. The van der Waals surface area contributed by atoms with Gasteiger partial charge in [-0.15, -0.1) is 13.2 Å². The fourth-order valence-electron chi connectivity index (χ4n) is 0.815.